The van der Waals surface area contributed by atoms with E-state index in [-0.39, 0.29) is 18.9 Å². The van der Waals surface area contributed by atoms with Gasteiger partial charge in [-0.05, 0) is 18.6 Å². The molecule has 0 fully saturated rings. The summed E-state index contributed by atoms with van der Waals surface area (Å²) in [5.74, 6) is -1.28. The van der Waals surface area contributed by atoms with E-state index in [4.69, 9.17) is 0 Å². The topological polar surface area (TPSA) is 75.4 Å². The van der Waals surface area contributed by atoms with Gasteiger partial charge in [-0.1, -0.05) is 48.5 Å². The van der Waals surface area contributed by atoms with Crippen LogP contribution in [0.3, 0.4) is 0 Å². The van der Waals surface area contributed by atoms with Gasteiger partial charge in [0.05, 0.1) is 17.6 Å². The number of hydrogen-bond donors (Lipinski definition) is 1. The highest BCUT2D eigenvalue weighted by atomic mass is 16.4. The van der Waals surface area contributed by atoms with Crippen molar-refractivity contribution in [2.24, 2.45) is 7.05 Å². The molecule has 0 saturated heterocycles. The average Bonchev–Trinajstić information content (AvgIpc) is 2.96. The van der Waals surface area contributed by atoms with Gasteiger partial charge in [-0.25, -0.2) is 4.79 Å². The lowest BCUT2D eigenvalue weighted by Crippen LogP contribution is -2.43. The quantitative estimate of drug-likeness (QED) is 0.741. The van der Waals surface area contributed by atoms with E-state index in [1.165, 1.54) is 11.8 Å². The molecule has 1 aromatic heterocycles. The second kappa shape index (κ2) is 7.39. The predicted octanol–water partition coefficient (Wildman–Crippen LogP) is 2.62. The fraction of sp³-hybridized carbons (Fsp3) is 0.250. The third kappa shape index (κ3) is 3.59. The number of carbonyl (C=O) groups is 2. The number of benzene rings is 2. The van der Waals surface area contributed by atoms with E-state index in [1.54, 1.807) is 4.68 Å². The van der Waals surface area contributed by atoms with E-state index < -0.39 is 12.0 Å². The van der Waals surface area contributed by atoms with E-state index in [0.717, 1.165) is 16.5 Å². The Morgan fingerprint density at radius 2 is 1.77 bits per heavy atom. The van der Waals surface area contributed by atoms with Crippen LogP contribution in [0.15, 0.2) is 54.6 Å². The first-order valence-electron chi connectivity index (χ1n) is 8.44. The average molecular weight is 351 g/mol. The monoisotopic (exact) mass is 351 g/mol. The summed E-state index contributed by atoms with van der Waals surface area (Å²) in [5, 5.41) is 14.8. The lowest BCUT2D eigenvalue weighted by atomic mass is 10.1. The van der Waals surface area contributed by atoms with Gasteiger partial charge in [-0.3, -0.25) is 9.48 Å². The third-order valence-electron chi connectivity index (χ3n) is 4.49. The number of carbonyl (C=O) groups excluding carboxylic acids is 1. The molecule has 3 aromatic rings. The fourth-order valence-corrected chi connectivity index (χ4v) is 3.02. The minimum absolute atomic E-state index is 0.0613. The number of rotatable bonds is 6. The highest BCUT2D eigenvalue weighted by molar-refractivity contribution is 5.89. The summed E-state index contributed by atoms with van der Waals surface area (Å²) in [7, 11) is 1.83. The summed E-state index contributed by atoms with van der Waals surface area (Å²) in [4.78, 5) is 25.8. The highest BCUT2D eigenvalue weighted by Gasteiger charge is 2.27. The molecule has 1 unspecified atom stereocenters. The van der Waals surface area contributed by atoms with Gasteiger partial charge >= 0.3 is 5.97 Å². The number of para-hydroxylation sites is 1. The van der Waals surface area contributed by atoms with Crippen LogP contribution in [-0.4, -0.2) is 37.7 Å². The van der Waals surface area contributed by atoms with Crippen molar-refractivity contribution in [3.05, 3.63) is 65.9 Å². The predicted molar refractivity (Wildman–Crippen MR) is 98.5 cm³/mol. The molecule has 6 heteroatoms. The van der Waals surface area contributed by atoms with Gasteiger partial charge in [-0.2, -0.15) is 5.10 Å². The van der Waals surface area contributed by atoms with Crippen molar-refractivity contribution in [1.29, 1.82) is 0 Å². The van der Waals surface area contributed by atoms with E-state index in [0.29, 0.717) is 5.69 Å². The van der Waals surface area contributed by atoms with Gasteiger partial charge in [-0.15, -0.1) is 0 Å². The molecular weight excluding hydrogens is 330 g/mol. The van der Waals surface area contributed by atoms with Crippen LogP contribution in [0.2, 0.25) is 0 Å². The van der Waals surface area contributed by atoms with Crippen LogP contribution >= 0.6 is 0 Å². The van der Waals surface area contributed by atoms with Gasteiger partial charge in [0.25, 0.3) is 0 Å². The summed E-state index contributed by atoms with van der Waals surface area (Å²) >= 11 is 0. The number of aryl methyl sites for hydroxylation is 1. The van der Waals surface area contributed by atoms with Crippen LogP contribution in [-0.2, 0) is 29.6 Å². The number of aliphatic carboxylic acids is 1. The molecule has 0 aliphatic rings. The second-order valence-corrected chi connectivity index (χ2v) is 6.29. The Hall–Kier alpha value is -3.15. The molecule has 1 amide bonds. The molecule has 0 aliphatic carbocycles. The largest absolute Gasteiger partial charge is 0.480 e. The Labute approximate surface area is 151 Å². The third-order valence-corrected chi connectivity index (χ3v) is 4.49. The lowest BCUT2D eigenvalue weighted by Gasteiger charge is -2.26. The Kier molecular flexibility index (Phi) is 5.02. The number of carboxylic acid groups (broad SMARTS) is 1. The van der Waals surface area contributed by atoms with E-state index in [9.17, 15) is 14.7 Å². The molecule has 2 aromatic carbocycles. The summed E-state index contributed by atoms with van der Waals surface area (Å²) < 4.78 is 1.74. The van der Waals surface area contributed by atoms with Crippen LogP contribution in [0.25, 0.3) is 10.9 Å². The van der Waals surface area contributed by atoms with Crippen molar-refractivity contribution in [2.45, 2.75) is 25.9 Å². The number of hydrogen-bond acceptors (Lipinski definition) is 3. The standard InChI is InChI=1S/C20H21N3O3/c1-14(20(25)26)23(13-15-8-4-3-5-9-15)19(24)12-17-16-10-6-7-11-18(16)22(2)21-17/h3-11,14H,12-13H2,1-2H3,(H,25,26). The Morgan fingerprint density at radius 1 is 1.12 bits per heavy atom. The molecule has 1 heterocycles. The molecular formula is C20H21N3O3. The molecule has 0 spiro atoms. The van der Waals surface area contributed by atoms with Gasteiger partial charge in [0, 0.05) is 19.0 Å². The smallest absolute Gasteiger partial charge is 0.326 e. The van der Waals surface area contributed by atoms with Crippen LogP contribution in [0.1, 0.15) is 18.2 Å². The van der Waals surface area contributed by atoms with Crippen molar-refractivity contribution >= 4 is 22.8 Å². The summed E-state index contributed by atoms with van der Waals surface area (Å²) in [6.07, 6.45) is 0.0613. The zero-order chi connectivity index (χ0) is 18.7. The molecule has 0 bridgehead atoms. The van der Waals surface area contributed by atoms with Gasteiger partial charge in [0.2, 0.25) is 5.91 Å². The first-order chi connectivity index (χ1) is 12.5. The van der Waals surface area contributed by atoms with Crippen molar-refractivity contribution in [2.75, 3.05) is 0 Å². The van der Waals surface area contributed by atoms with Crippen molar-refractivity contribution < 1.29 is 14.7 Å². The van der Waals surface area contributed by atoms with Crippen LogP contribution in [0.4, 0.5) is 0 Å². The first-order valence-corrected chi connectivity index (χ1v) is 8.44. The van der Waals surface area contributed by atoms with Crippen molar-refractivity contribution in [3.63, 3.8) is 0 Å². The Balaban J connectivity index is 1.88. The lowest BCUT2D eigenvalue weighted by molar-refractivity contribution is -0.149. The molecule has 26 heavy (non-hydrogen) atoms. The van der Waals surface area contributed by atoms with E-state index in [2.05, 4.69) is 5.10 Å². The zero-order valence-electron chi connectivity index (χ0n) is 14.8. The second-order valence-electron chi connectivity index (χ2n) is 6.29. The van der Waals surface area contributed by atoms with Crippen molar-refractivity contribution in [1.82, 2.24) is 14.7 Å². The minimum atomic E-state index is -1.03. The summed E-state index contributed by atoms with van der Waals surface area (Å²) in [6, 6.07) is 16.2. The molecule has 0 saturated carbocycles. The van der Waals surface area contributed by atoms with E-state index in [1.807, 2.05) is 61.6 Å². The first kappa shape index (κ1) is 17.7. The minimum Gasteiger partial charge on any atom is -0.480 e. The maximum atomic E-state index is 12.9. The number of fused-ring (bicyclic) bond motifs is 1. The molecule has 1 atom stereocenters. The molecule has 3 rings (SSSR count). The maximum absolute atomic E-state index is 12.9. The SMILES string of the molecule is CC(C(=O)O)N(Cc1ccccc1)C(=O)Cc1nn(C)c2ccccc12. The fourth-order valence-electron chi connectivity index (χ4n) is 3.02. The van der Waals surface area contributed by atoms with Gasteiger partial charge in [0.1, 0.15) is 6.04 Å². The van der Waals surface area contributed by atoms with Gasteiger partial charge in [0.15, 0.2) is 0 Å². The number of amides is 1. The number of nitrogens with zero attached hydrogens (tertiary/aromatic N) is 3. The van der Waals surface area contributed by atoms with Crippen LogP contribution < -0.4 is 0 Å². The summed E-state index contributed by atoms with van der Waals surface area (Å²) in [6.45, 7) is 1.78. The Bertz CT molecular complexity index is 934. The normalized spacial score (nSPS) is 12.1. The van der Waals surface area contributed by atoms with Gasteiger partial charge < -0.3 is 10.0 Å². The molecule has 134 valence electrons. The maximum Gasteiger partial charge on any atom is 0.326 e. The van der Waals surface area contributed by atoms with Crippen molar-refractivity contribution in [3.8, 4) is 0 Å². The molecule has 6 nitrogen and oxygen atoms in total. The zero-order valence-corrected chi connectivity index (χ0v) is 14.8. The van der Waals surface area contributed by atoms with Crippen LogP contribution in [0, 0.1) is 0 Å². The van der Waals surface area contributed by atoms with Crippen LogP contribution in [0.5, 0.6) is 0 Å². The molecule has 0 aliphatic heterocycles. The number of aromatic nitrogens is 2. The molecule has 0 radical (unpaired) electrons. The van der Waals surface area contributed by atoms with E-state index >= 15 is 0 Å². The molecule has 1 N–H and O–H groups in total. The Morgan fingerprint density at radius 3 is 2.46 bits per heavy atom. The summed E-state index contributed by atoms with van der Waals surface area (Å²) in [5.41, 5.74) is 2.49. The highest BCUT2D eigenvalue weighted by Crippen LogP contribution is 2.19. The number of carboxylic acids is 1.